The first-order chi connectivity index (χ1) is 13.2. The lowest BCUT2D eigenvalue weighted by Gasteiger charge is -2.05. The molecule has 6 nitrogen and oxygen atoms in total. The molecule has 0 saturated heterocycles. The van der Waals surface area contributed by atoms with Crippen molar-refractivity contribution in [2.45, 2.75) is 0 Å². The topological polar surface area (TPSA) is 85.3 Å². The first kappa shape index (κ1) is 16.5. The number of rotatable bonds is 4. The van der Waals surface area contributed by atoms with E-state index in [-0.39, 0.29) is 11.8 Å². The van der Waals surface area contributed by atoms with Crippen LogP contribution in [-0.2, 0) is 4.79 Å². The molecule has 2 aromatic carbocycles. The first-order valence-electron chi connectivity index (χ1n) is 8.22. The van der Waals surface area contributed by atoms with E-state index in [1.807, 2.05) is 0 Å². The summed E-state index contributed by atoms with van der Waals surface area (Å²) in [5.41, 5.74) is 1.25. The van der Waals surface area contributed by atoms with Crippen LogP contribution in [0.15, 0.2) is 86.6 Å². The number of para-hydroxylation sites is 1. The van der Waals surface area contributed by atoms with Gasteiger partial charge in [-0.2, -0.15) is 0 Å². The molecule has 0 saturated carbocycles. The van der Waals surface area contributed by atoms with Gasteiger partial charge >= 0.3 is 5.63 Å². The molecular weight excluding hydrogens is 344 g/mol. The molecule has 0 atom stereocenters. The molecule has 6 heteroatoms. The summed E-state index contributed by atoms with van der Waals surface area (Å²) in [4.78, 5) is 28.6. The monoisotopic (exact) mass is 358 g/mol. The third-order valence-electron chi connectivity index (χ3n) is 3.85. The van der Waals surface area contributed by atoms with Crippen LogP contribution in [-0.4, -0.2) is 10.9 Å². The molecule has 1 amide bonds. The lowest BCUT2D eigenvalue weighted by molar-refractivity contribution is -0.111. The molecule has 0 unspecified atom stereocenters. The zero-order valence-electron chi connectivity index (χ0n) is 14.1. The Labute approximate surface area is 153 Å². The fourth-order valence-electron chi connectivity index (χ4n) is 2.60. The maximum absolute atomic E-state index is 12.1. The summed E-state index contributed by atoms with van der Waals surface area (Å²) in [6, 6.07) is 17.4. The van der Waals surface area contributed by atoms with Crippen LogP contribution >= 0.6 is 0 Å². The van der Waals surface area contributed by atoms with Crippen LogP contribution in [0, 0.1) is 0 Å². The standard InChI is InChI=1S/C21H14N2O4/c24-19(11-10-16-7-4-12-26-16)22-15-6-3-5-14(13-15)20-23-18-9-2-1-8-17(18)21(25)27-20/h1-13H,(H,22,24). The third-order valence-corrected chi connectivity index (χ3v) is 3.85. The van der Waals surface area contributed by atoms with E-state index in [0.29, 0.717) is 27.9 Å². The van der Waals surface area contributed by atoms with Gasteiger partial charge in [0.2, 0.25) is 11.8 Å². The van der Waals surface area contributed by atoms with Crippen molar-refractivity contribution < 1.29 is 13.6 Å². The minimum absolute atomic E-state index is 0.195. The number of nitrogens with zero attached hydrogens (tertiary/aromatic N) is 1. The van der Waals surface area contributed by atoms with Gasteiger partial charge in [-0.15, -0.1) is 0 Å². The van der Waals surface area contributed by atoms with Crippen LogP contribution in [0.2, 0.25) is 0 Å². The molecule has 0 bridgehead atoms. The highest BCUT2D eigenvalue weighted by Gasteiger charge is 2.09. The normalized spacial score (nSPS) is 11.1. The molecule has 0 radical (unpaired) electrons. The predicted octanol–water partition coefficient (Wildman–Crippen LogP) is 4.10. The summed E-state index contributed by atoms with van der Waals surface area (Å²) in [7, 11) is 0. The van der Waals surface area contributed by atoms with Gasteiger partial charge in [0.25, 0.3) is 0 Å². The summed E-state index contributed by atoms with van der Waals surface area (Å²) < 4.78 is 10.5. The van der Waals surface area contributed by atoms with E-state index in [0.717, 1.165) is 0 Å². The fourth-order valence-corrected chi connectivity index (χ4v) is 2.60. The van der Waals surface area contributed by atoms with Crippen LogP contribution in [0.4, 0.5) is 5.69 Å². The summed E-state index contributed by atoms with van der Waals surface area (Å²) in [5.74, 6) is 0.471. The fraction of sp³-hybridized carbons (Fsp3) is 0. The highest BCUT2D eigenvalue weighted by atomic mass is 16.4. The summed E-state index contributed by atoms with van der Waals surface area (Å²) in [6.45, 7) is 0. The summed E-state index contributed by atoms with van der Waals surface area (Å²) in [6.07, 6.45) is 4.48. The van der Waals surface area contributed by atoms with E-state index < -0.39 is 5.63 Å². The van der Waals surface area contributed by atoms with Crippen molar-refractivity contribution in [3.05, 3.63) is 89.2 Å². The van der Waals surface area contributed by atoms with Crippen LogP contribution in [0.1, 0.15) is 5.76 Å². The van der Waals surface area contributed by atoms with Gasteiger partial charge in [0.15, 0.2) is 0 Å². The molecule has 0 fully saturated rings. The highest BCUT2D eigenvalue weighted by Crippen LogP contribution is 2.22. The van der Waals surface area contributed by atoms with E-state index in [1.165, 1.54) is 12.3 Å². The number of benzene rings is 2. The number of furan rings is 1. The Balaban J connectivity index is 1.59. The Bertz CT molecular complexity index is 1190. The second-order valence-corrected chi connectivity index (χ2v) is 5.74. The SMILES string of the molecule is O=C(C=Cc1ccco1)Nc1cccc(-c2nc3ccccc3c(=O)o2)c1. The molecule has 2 aromatic heterocycles. The number of amides is 1. The van der Waals surface area contributed by atoms with Crippen molar-refractivity contribution in [3.63, 3.8) is 0 Å². The van der Waals surface area contributed by atoms with E-state index in [9.17, 15) is 9.59 Å². The predicted molar refractivity (Wildman–Crippen MR) is 102 cm³/mol. The van der Waals surface area contributed by atoms with Crippen molar-refractivity contribution in [1.82, 2.24) is 4.98 Å². The Morgan fingerprint density at radius 1 is 1.04 bits per heavy atom. The zero-order chi connectivity index (χ0) is 18.6. The van der Waals surface area contributed by atoms with Crippen molar-refractivity contribution in [1.29, 1.82) is 0 Å². The molecule has 4 aromatic rings. The summed E-state index contributed by atoms with van der Waals surface area (Å²) >= 11 is 0. The first-order valence-corrected chi connectivity index (χ1v) is 8.22. The van der Waals surface area contributed by atoms with Crippen molar-refractivity contribution >= 4 is 28.6 Å². The van der Waals surface area contributed by atoms with Gasteiger partial charge in [0.05, 0.1) is 17.2 Å². The van der Waals surface area contributed by atoms with Gasteiger partial charge in [0, 0.05) is 17.3 Å². The van der Waals surface area contributed by atoms with Crippen LogP contribution in [0.25, 0.3) is 28.4 Å². The molecule has 27 heavy (non-hydrogen) atoms. The van der Waals surface area contributed by atoms with Gasteiger partial charge in [-0.1, -0.05) is 18.2 Å². The molecule has 4 rings (SSSR count). The van der Waals surface area contributed by atoms with Gasteiger partial charge in [-0.25, -0.2) is 9.78 Å². The number of nitrogens with one attached hydrogen (secondary N) is 1. The average Bonchev–Trinajstić information content (AvgIpc) is 3.20. The molecule has 0 aliphatic carbocycles. The second kappa shape index (κ2) is 7.13. The lowest BCUT2D eigenvalue weighted by atomic mass is 10.2. The highest BCUT2D eigenvalue weighted by molar-refractivity contribution is 6.02. The maximum Gasteiger partial charge on any atom is 0.347 e. The number of fused-ring (bicyclic) bond motifs is 1. The minimum Gasteiger partial charge on any atom is -0.465 e. The molecule has 1 N–H and O–H groups in total. The van der Waals surface area contributed by atoms with Crippen LogP contribution < -0.4 is 10.9 Å². The number of hydrogen-bond donors (Lipinski definition) is 1. The zero-order valence-corrected chi connectivity index (χ0v) is 14.1. The number of carbonyl (C=O) groups is 1. The number of anilines is 1. The van der Waals surface area contributed by atoms with E-state index >= 15 is 0 Å². The molecular formula is C21H14N2O4. The summed E-state index contributed by atoms with van der Waals surface area (Å²) in [5, 5.41) is 3.18. The van der Waals surface area contributed by atoms with Crippen molar-refractivity contribution in [2.24, 2.45) is 0 Å². The number of hydrogen-bond acceptors (Lipinski definition) is 5. The van der Waals surface area contributed by atoms with Gasteiger partial charge in [-0.3, -0.25) is 4.79 Å². The molecule has 0 aliphatic rings. The molecule has 0 aliphatic heterocycles. The van der Waals surface area contributed by atoms with E-state index in [2.05, 4.69) is 10.3 Å². The maximum atomic E-state index is 12.1. The second-order valence-electron chi connectivity index (χ2n) is 5.74. The molecule has 0 spiro atoms. The number of carbonyl (C=O) groups excluding carboxylic acids is 1. The quantitative estimate of drug-likeness (QED) is 0.555. The number of aromatic nitrogens is 1. The van der Waals surface area contributed by atoms with Crippen LogP contribution in [0.3, 0.4) is 0 Å². The van der Waals surface area contributed by atoms with Gasteiger partial charge in [-0.05, 0) is 48.5 Å². The largest absolute Gasteiger partial charge is 0.465 e. The van der Waals surface area contributed by atoms with E-state index in [1.54, 1.807) is 66.7 Å². The Morgan fingerprint density at radius 3 is 2.78 bits per heavy atom. The smallest absolute Gasteiger partial charge is 0.347 e. The Kier molecular flexibility index (Phi) is 4.37. The third kappa shape index (κ3) is 3.69. The Hall–Kier alpha value is -3.93. The molecule has 132 valence electrons. The van der Waals surface area contributed by atoms with E-state index in [4.69, 9.17) is 8.83 Å². The van der Waals surface area contributed by atoms with Crippen molar-refractivity contribution in [3.8, 4) is 11.5 Å². The minimum atomic E-state index is -0.452. The Morgan fingerprint density at radius 2 is 1.93 bits per heavy atom. The molecule has 2 heterocycles. The van der Waals surface area contributed by atoms with Crippen molar-refractivity contribution in [2.75, 3.05) is 5.32 Å². The van der Waals surface area contributed by atoms with Gasteiger partial charge < -0.3 is 14.2 Å². The van der Waals surface area contributed by atoms with Gasteiger partial charge in [0.1, 0.15) is 5.76 Å². The van der Waals surface area contributed by atoms with Crippen LogP contribution in [0.5, 0.6) is 0 Å². The average molecular weight is 358 g/mol. The lowest BCUT2D eigenvalue weighted by Crippen LogP contribution is -2.08.